The van der Waals surface area contributed by atoms with Gasteiger partial charge in [-0.3, -0.25) is 0 Å². The quantitative estimate of drug-likeness (QED) is 0.368. The number of hydrogen-bond donors (Lipinski definition) is 0. The van der Waals surface area contributed by atoms with Gasteiger partial charge >= 0.3 is 0 Å². The van der Waals surface area contributed by atoms with Crippen LogP contribution in [0.25, 0.3) is 21.5 Å². The summed E-state index contributed by atoms with van der Waals surface area (Å²) in [4.78, 5) is 5.07. The van der Waals surface area contributed by atoms with Crippen LogP contribution in [0, 0.1) is 0 Å². The molecule has 4 aromatic rings. The van der Waals surface area contributed by atoms with Crippen molar-refractivity contribution in [2.24, 2.45) is 0 Å². The Balaban J connectivity index is 1.60. The molecule has 1 heterocycles. The predicted molar refractivity (Wildman–Crippen MR) is 121 cm³/mol. The van der Waals surface area contributed by atoms with E-state index in [4.69, 9.17) is 0 Å². The number of benzene rings is 4. The van der Waals surface area contributed by atoms with Crippen LogP contribution in [0.2, 0.25) is 0 Å². The highest BCUT2D eigenvalue weighted by Crippen LogP contribution is 2.38. The summed E-state index contributed by atoms with van der Waals surface area (Å²) in [5.41, 5.74) is 4.16. The van der Waals surface area contributed by atoms with E-state index in [1.807, 2.05) is 0 Å². The van der Waals surface area contributed by atoms with Crippen molar-refractivity contribution >= 4 is 32.9 Å². The molecule has 0 atom stereocenters. The lowest BCUT2D eigenvalue weighted by atomic mass is 9.96. The Morgan fingerprint density at radius 2 is 1.29 bits per heavy atom. The molecular weight excluding hydrogens is 340 g/mol. The van der Waals surface area contributed by atoms with Gasteiger partial charge in [0.2, 0.25) is 0 Å². The summed E-state index contributed by atoms with van der Waals surface area (Å²) in [5, 5.41) is 5.38. The van der Waals surface area contributed by atoms with Crippen LogP contribution in [0.4, 0.5) is 11.4 Å². The monoisotopic (exact) mass is 366 g/mol. The zero-order valence-corrected chi connectivity index (χ0v) is 16.4. The third-order valence-electron chi connectivity index (χ3n) is 5.92. The maximum atomic E-state index is 2.54. The lowest BCUT2D eigenvalue weighted by molar-refractivity contribution is 0.711. The second kappa shape index (κ2) is 7.20. The maximum Gasteiger partial charge on any atom is 0.0907 e. The lowest BCUT2D eigenvalue weighted by Crippen LogP contribution is -2.31. The van der Waals surface area contributed by atoms with Crippen molar-refractivity contribution in [2.45, 2.75) is 26.3 Å². The molecule has 0 unspecified atom stereocenters. The molecule has 0 aliphatic carbocycles. The highest BCUT2D eigenvalue weighted by Gasteiger charge is 2.25. The molecule has 28 heavy (non-hydrogen) atoms. The van der Waals surface area contributed by atoms with Crippen LogP contribution in [0.5, 0.6) is 0 Å². The fourth-order valence-electron chi connectivity index (χ4n) is 4.50. The molecule has 2 heteroatoms. The second-order valence-electron chi connectivity index (χ2n) is 7.74. The van der Waals surface area contributed by atoms with Crippen molar-refractivity contribution < 1.29 is 0 Å². The number of rotatable bonds is 5. The van der Waals surface area contributed by atoms with Gasteiger partial charge in [0, 0.05) is 13.1 Å². The molecule has 0 amide bonds. The molecule has 0 aromatic heterocycles. The highest BCUT2D eigenvalue weighted by molar-refractivity contribution is 6.02. The SMILES string of the molecule is CCCCN1CN(Cc2c3ccccc3cc3ccccc23)c2ccccc21. The molecule has 0 N–H and O–H groups in total. The highest BCUT2D eigenvalue weighted by atomic mass is 15.4. The fourth-order valence-corrected chi connectivity index (χ4v) is 4.50. The largest absolute Gasteiger partial charge is 0.352 e. The molecule has 5 rings (SSSR count). The van der Waals surface area contributed by atoms with Gasteiger partial charge in [0.15, 0.2) is 0 Å². The molecule has 0 radical (unpaired) electrons. The Kier molecular flexibility index (Phi) is 4.40. The molecule has 0 fully saturated rings. The van der Waals surface area contributed by atoms with Crippen LogP contribution in [0.1, 0.15) is 25.3 Å². The summed E-state index contributed by atoms with van der Waals surface area (Å²) in [6.45, 7) is 5.29. The first-order valence-corrected chi connectivity index (χ1v) is 10.3. The Labute approximate surface area is 167 Å². The Morgan fingerprint density at radius 1 is 0.714 bits per heavy atom. The summed E-state index contributed by atoms with van der Waals surface area (Å²) in [6.07, 6.45) is 2.46. The summed E-state index contributed by atoms with van der Waals surface area (Å²) in [6, 6.07) is 28.8. The molecule has 0 saturated carbocycles. The Hall–Kier alpha value is -3.00. The average Bonchev–Trinajstić information content (AvgIpc) is 3.09. The minimum atomic E-state index is 0.932. The number of para-hydroxylation sites is 2. The van der Waals surface area contributed by atoms with E-state index in [0.717, 1.165) is 19.8 Å². The van der Waals surface area contributed by atoms with Crippen molar-refractivity contribution in [1.82, 2.24) is 0 Å². The first-order chi connectivity index (χ1) is 13.8. The summed E-state index contributed by atoms with van der Waals surface area (Å²) in [5.74, 6) is 0. The first-order valence-electron chi connectivity index (χ1n) is 10.3. The number of fused-ring (bicyclic) bond motifs is 3. The zero-order valence-electron chi connectivity index (χ0n) is 16.4. The third kappa shape index (κ3) is 2.90. The van der Waals surface area contributed by atoms with Gasteiger partial charge in [-0.1, -0.05) is 74.0 Å². The van der Waals surface area contributed by atoms with Crippen LogP contribution in [0.3, 0.4) is 0 Å². The van der Waals surface area contributed by atoms with Crippen molar-refractivity contribution in [3.8, 4) is 0 Å². The minimum absolute atomic E-state index is 0.932. The van der Waals surface area contributed by atoms with E-state index in [-0.39, 0.29) is 0 Å². The predicted octanol–water partition coefficient (Wildman–Crippen LogP) is 6.58. The van der Waals surface area contributed by atoms with Crippen molar-refractivity contribution in [1.29, 1.82) is 0 Å². The van der Waals surface area contributed by atoms with E-state index in [0.29, 0.717) is 0 Å². The second-order valence-corrected chi connectivity index (χ2v) is 7.74. The molecule has 1 aliphatic rings. The summed E-state index contributed by atoms with van der Waals surface area (Å²) < 4.78 is 0. The Bertz CT molecular complexity index is 1080. The zero-order chi connectivity index (χ0) is 18.9. The molecular formula is C26H26N2. The average molecular weight is 367 g/mol. The van der Waals surface area contributed by atoms with Gasteiger partial charge in [-0.15, -0.1) is 0 Å². The molecule has 1 aliphatic heterocycles. The fraction of sp³-hybridized carbons (Fsp3) is 0.231. The van der Waals surface area contributed by atoms with Crippen molar-refractivity contribution in [3.63, 3.8) is 0 Å². The van der Waals surface area contributed by atoms with E-state index >= 15 is 0 Å². The Morgan fingerprint density at radius 3 is 1.93 bits per heavy atom. The van der Waals surface area contributed by atoms with Crippen LogP contribution in [0.15, 0.2) is 78.9 Å². The standard InChI is InChI=1S/C26H26N2/c1-2-3-16-27-19-28(26-15-9-8-14-25(26)27)18-24-22-12-6-4-10-20(22)17-21-11-5-7-13-23(21)24/h4-15,17H,2-3,16,18-19H2,1H3. The van der Waals surface area contributed by atoms with E-state index in [2.05, 4.69) is 95.6 Å². The van der Waals surface area contributed by atoms with Crippen LogP contribution in [-0.2, 0) is 6.54 Å². The number of hydrogen-bond acceptors (Lipinski definition) is 2. The minimum Gasteiger partial charge on any atom is -0.352 e. The van der Waals surface area contributed by atoms with Gasteiger partial charge in [-0.2, -0.15) is 0 Å². The summed E-state index contributed by atoms with van der Waals surface area (Å²) in [7, 11) is 0. The summed E-state index contributed by atoms with van der Waals surface area (Å²) >= 11 is 0. The normalized spacial score (nSPS) is 13.5. The van der Waals surface area contributed by atoms with E-state index in [1.54, 1.807) is 0 Å². The van der Waals surface area contributed by atoms with Crippen LogP contribution < -0.4 is 9.80 Å². The number of anilines is 2. The maximum absolute atomic E-state index is 2.54. The first kappa shape index (κ1) is 17.1. The van der Waals surface area contributed by atoms with E-state index < -0.39 is 0 Å². The van der Waals surface area contributed by atoms with Gasteiger partial charge < -0.3 is 9.80 Å². The molecule has 0 spiro atoms. The van der Waals surface area contributed by atoms with Gasteiger partial charge in [0.25, 0.3) is 0 Å². The van der Waals surface area contributed by atoms with Crippen molar-refractivity contribution in [3.05, 3.63) is 84.4 Å². The van der Waals surface area contributed by atoms with Crippen LogP contribution >= 0.6 is 0 Å². The van der Waals surface area contributed by atoms with Crippen molar-refractivity contribution in [2.75, 3.05) is 23.0 Å². The molecule has 140 valence electrons. The number of unbranched alkanes of at least 4 members (excludes halogenated alkanes) is 1. The van der Waals surface area contributed by atoms with Crippen LogP contribution in [-0.4, -0.2) is 13.2 Å². The lowest BCUT2D eigenvalue weighted by Gasteiger charge is -2.23. The third-order valence-corrected chi connectivity index (χ3v) is 5.92. The topological polar surface area (TPSA) is 6.48 Å². The molecule has 0 bridgehead atoms. The van der Waals surface area contributed by atoms with Gasteiger partial charge in [0.05, 0.1) is 18.0 Å². The van der Waals surface area contributed by atoms with Gasteiger partial charge in [-0.25, -0.2) is 0 Å². The molecule has 0 saturated heterocycles. The van der Waals surface area contributed by atoms with E-state index in [1.165, 1.54) is 51.3 Å². The molecule has 4 aromatic carbocycles. The van der Waals surface area contributed by atoms with E-state index in [9.17, 15) is 0 Å². The van der Waals surface area contributed by atoms with Gasteiger partial charge in [-0.05, 0) is 51.7 Å². The molecule has 2 nitrogen and oxygen atoms in total. The number of nitrogens with zero attached hydrogens (tertiary/aromatic N) is 2. The smallest absolute Gasteiger partial charge is 0.0907 e. The van der Waals surface area contributed by atoms with Gasteiger partial charge in [0.1, 0.15) is 0 Å².